The Bertz CT molecular complexity index is 261. The summed E-state index contributed by atoms with van der Waals surface area (Å²) in [6.07, 6.45) is 2.65. The van der Waals surface area contributed by atoms with Gasteiger partial charge in [-0.1, -0.05) is 6.92 Å². The van der Waals surface area contributed by atoms with Gasteiger partial charge < -0.3 is 16.0 Å². The number of hydrogen-bond acceptors (Lipinski definition) is 4. The lowest BCUT2D eigenvalue weighted by molar-refractivity contribution is -0.133. The van der Waals surface area contributed by atoms with Crippen LogP contribution < -0.4 is 11.1 Å². The summed E-state index contributed by atoms with van der Waals surface area (Å²) in [5.74, 6) is 0.477. The monoisotopic (exact) mass is 261 g/mol. The molecule has 0 spiro atoms. The average Bonchev–Trinajstić information content (AvgIpc) is 2.33. The number of amides is 2. The first-order valence-electron chi connectivity index (χ1n) is 5.65. The average molecular weight is 261 g/mol. The molecule has 0 bridgehead atoms. The highest BCUT2D eigenvalue weighted by atomic mass is 32.2. The molecule has 0 aliphatic heterocycles. The first kappa shape index (κ1) is 16.2. The molecule has 0 aromatic rings. The minimum absolute atomic E-state index is 0.0673. The molecule has 0 aliphatic rings. The van der Waals surface area contributed by atoms with E-state index in [0.29, 0.717) is 13.0 Å². The third-order valence-corrected chi connectivity index (χ3v) is 3.21. The number of nitrogens with zero attached hydrogens (tertiary/aromatic N) is 1. The molecule has 2 atom stereocenters. The fraction of sp³-hybridized carbons (Fsp3) is 0.818. The zero-order valence-corrected chi connectivity index (χ0v) is 11.8. The molecule has 2 amide bonds. The second-order valence-electron chi connectivity index (χ2n) is 4.12. The van der Waals surface area contributed by atoms with Crippen LogP contribution in [0.4, 0.5) is 0 Å². The van der Waals surface area contributed by atoms with Crippen molar-refractivity contribution >= 4 is 23.6 Å². The lowest BCUT2D eigenvalue weighted by atomic mass is 10.1. The fourth-order valence-corrected chi connectivity index (χ4v) is 1.97. The highest BCUT2D eigenvalue weighted by molar-refractivity contribution is 7.98. The molecule has 0 saturated carbocycles. The smallest absolute Gasteiger partial charge is 0.239 e. The normalized spacial score (nSPS) is 13.9. The summed E-state index contributed by atoms with van der Waals surface area (Å²) in [7, 11) is 3.27. The van der Waals surface area contributed by atoms with Crippen molar-refractivity contribution in [1.29, 1.82) is 0 Å². The molecule has 5 nitrogen and oxygen atoms in total. The van der Waals surface area contributed by atoms with E-state index in [2.05, 4.69) is 5.32 Å². The molecule has 6 heteroatoms. The number of carbonyl (C=O) groups is 2. The molecular formula is C11H23N3O2S. The summed E-state index contributed by atoms with van der Waals surface area (Å²) >= 11 is 1.67. The molecule has 0 saturated heterocycles. The molecule has 17 heavy (non-hydrogen) atoms. The SMILES string of the molecule is CNC(=O)C(C)CN(C)C(=O)[C@H](N)CCSC. The van der Waals surface area contributed by atoms with Gasteiger partial charge in [-0.25, -0.2) is 0 Å². The van der Waals surface area contributed by atoms with Gasteiger partial charge in [-0.2, -0.15) is 11.8 Å². The number of nitrogens with one attached hydrogen (secondary N) is 1. The molecule has 0 heterocycles. The number of nitrogens with two attached hydrogens (primary N) is 1. The zero-order valence-electron chi connectivity index (χ0n) is 11.0. The summed E-state index contributed by atoms with van der Waals surface area (Å²) in [4.78, 5) is 24.7. The third kappa shape index (κ3) is 5.93. The minimum Gasteiger partial charge on any atom is -0.359 e. The van der Waals surface area contributed by atoms with E-state index in [1.165, 1.54) is 4.90 Å². The van der Waals surface area contributed by atoms with E-state index in [-0.39, 0.29) is 17.7 Å². The van der Waals surface area contributed by atoms with Gasteiger partial charge in [0.2, 0.25) is 11.8 Å². The van der Waals surface area contributed by atoms with Crippen LogP contribution in [0.2, 0.25) is 0 Å². The van der Waals surface area contributed by atoms with E-state index in [1.54, 1.807) is 32.8 Å². The van der Waals surface area contributed by atoms with Gasteiger partial charge in [0.05, 0.1) is 12.0 Å². The molecule has 0 aromatic carbocycles. The summed E-state index contributed by atoms with van der Waals surface area (Å²) in [6.45, 7) is 2.18. The zero-order chi connectivity index (χ0) is 13.4. The summed E-state index contributed by atoms with van der Waals surface area (Å²) < 4.78 is 0. The van der Waals surface area contributed by atoms with E-state index < -0.39 is 6.04 Å². The van der Waals surface area contributed by atoms with Crippen LogP contribution in [-0.4, -0.2) is 55.4 Å². The highest BCUT2D eigenvalue weighted by Gasteiger charge is 2.21. The van der Waals surface area contributed by atoms with E-state index in [4.69, 9.17) is 5.73 Å². The van der Waals surface area contributed by atoms with Crippen molar-refractivity contribution in [2.45, 2.75) is 19.4 Å². The standard InChI is InChI=1S/C11H23N3O2S/c1-8(10(15)13-2)7-14(3)11(16)9(12)5-6-17-4/h8-9H,5-7,12H2,1-4H3,(H,13,15)/t8?,9-/m1/s1. The van der Waals surface area contributed by atoms with Crippen molar-refractivity contribution in [2.75, 3.05) is 32.6 Å². The van der Waals surface area contributed by atoms with E-state index in [9.17, 15) is 9.59 Å². The number of rotatable bonds is 7. The van der Waals surface area contributed by atoms with Crippen molar-refractivity contribution in [2.24, 2.45) is 11.7 Å². The topological polar surface area (TPSA) is 75.4 Å². The van der Waals surface area contributed by atoms with Gasteiger partial charge >= 0.3 is 0 Å². The molecule has 3 N–H and O–H groups in total. The van der Waals surface area contributed by atoms with Gasteiger partial charge in [0.25, 0.3) is 0 Å². The predicted octanol–water partition coefficient (Wildman–Crippen LogP) is -0.0927. The first-order chi connectivity index (χ1) is 7.93. The lowest BCUT2D eigenvalue weighted by Crippen LogP contribution is -2.45. The maximum Gasteiger partial charge on any atom is 0.239 e. The predicted molar refractivity (Wildman–Crippen MR) is 71.8 cm³/mol. The van der Waals surface area contributed by atoms with E-state index in [1.807, 2.05) is 6.26 Å². The van der Waals surface area contributed by atoms with Gasteiger partial charge in [-0.3, -0.25) is 9.59 Å². The van der Waals surface area contributed by atoms with Crippen LogP contribution in [0.3, 0.4) is 0 Å². The molecular weight excluding hydrogens is 238 g/mol. The van der Waals surface area contributed by atoms with Gasteiger partial charge in [0.15, 0.2) is 0 Å². The number of thioether (sulfide) groups is 1. The number of hydrogen-bond donors (Lipinski definition) is 2. The van der Waals surface area contributed by atoms with E-state index in [0.717, 1.165) is 5.75 Å². The number of carbonyl (C=O) groups excluding carboxylic acids is 2. The van der Waals surface area contributed by atoms with Gasteiger partial charge in [-0.15, -0.1) is 0 Å². The lowest BCUT2D eigenvalue weighted by Gasteiger charge is -2.23. The van der Waals surface area contributed by atoms with Crippen molar-refractivity contribution < 1.29 is 9.59 Å². The second kappa shape index (κ2) is 8.36. The first-order valence-corrected chi connectivity index (χ1v) is 7.04. The van der Waals surface area contributed by atoms with Crippen LogP contribution in [-0.2, 0) is 9.59 Å². The van der Waals surface area contributed by atoms with Gasteiger partial charge in [-0.05, 0) is 18.4 Å². The van der Waals surface area contributed by atoms with Crippen LogP contribution >= 0.6 is 11.8 Å². The largest absolute Gasteiger partial charge is 0.359 e. The van der Waals surface area contributed by atoms with Crippen LogP contribution in [0, 0.1) is 5.92 Å². The molecule has 1 unspecified atom stereocenters. The Morgan fingerprint density at radius 2 is 2.06 bits per heavy atom. The van der Waals surface area contributed by atoms with Gasteiger partial charge in [0, 0.05) is 20.6 Å². The Labute approximate surface area is 107 Å². The summed E-state index contributed by atoms with van der Waals surface area (Å²) in [5.41, 5.74) is 5.78. The Hall–Kier alpha value is -0.750. The van der Waals surface area contributed by atoms with Crippen molar-refractivity contribution in [3.8, 4) is 0 Å². The van der Waals surface area contributed by atoms with Crippen LogP contribution in [0.25, 0.3) is 0 Å². The molecule has 0 rings (SSSR count). The maximum absolute atomic E-state index is 11.9. The van der Waals surface area contributed by atoms with Crippen LogP contribution in [0.1, 0.15) is 13.3 Å². The van der Waals surface area contributed by atoms with Crippen molar-refractivity contribution in [3.63, 3.8) is 0 Å². The van der Waals surface area contributed by atoms with Crippen molar-refractivity contribution in [3.05, 3.63) is 0 Å². The van der Waals surface area contributed by atoms with Crippen LogP contribution in [0.5, 0.6) is 0 Å². The Morgan fingerprint density at radius 3 is 2.53 bits per heavy atom. The molecule has 100 valence electrons. The maximum atomic E-state index is 11.9. The Morgan fingerprint density at radius 1 is 1.47 bits per heavy atom. The molecule has 0 fully saturated rings. The Balaban J connectivity index is 4.16. The summed E-state index contributed by atoms with van der Waals surface area (Å²) in [5, 5.41) is 2.56. The molecule has 0 radical (unpaired) electrons. The Kier molecular flexibility index (Phi) is 7.99. The van der Waals surface area contributed by atoms with Crippen molar-refractivity contribution in [1.82, 2.24) is 10.2 Å². The highest BCUT2D eigenvalue weighted by Crippen LogP contribution is 2.04. The fourth-order valence-electron chi connectivity index (χ4n) is 1.48. The minimum atomic E-state index is -0.468. The quantitative estimate of drug-likeness (QED) is 0.671. The molecule has 0 aliphatic carbocycles. The number of likely N-dealkylation sites (N-methyl/N-ethyl adjacent to an activating group) is 1. The summed E-state index contributed by atoms with van der Waals surface area (Å²) in [6, 6.07) is -0.468. The molecule has 0 aromatic heterocycles. The van der Waals surface area contributed by atoms with Crippen LogP contribution in [0.15, 0.2) is 0 Å². The second-order valence-corrected chi connectivity index (χ2v) is 5.11. The third-order valence-electron chi connectivity index (χ3n) is 2.57. The van der Waals surface area contributed by atoms with E-state index >= 15 is 0 Å². The van der Waals surface area contributed by atoms with Gasteiger partial charge in [0.1, 0.15) is 0 Å².